The van der Waals surface area contributed by atoms with E-state index in [1.54, 1.807) is 6.20 Å². The molecule has 0 bridgehead atoms. The maximum absolute atomic E-state index is 12.1. The zero-order valence-corrected chi connectivity index (χ0v) is 18.8. The van der Waals surface area contributed by atoms with Gasteiger partial charge in [-0.25, -0.2) is 0 Å². The van der Waals surface area contributed by atoms with Gasteiger partial charge in [-0.2, -0.15) is 0 Å². The van der Waals surface area contributed by atoms with Gasteiger partial charge in [0.2, 0.25) is 0 Å². The number of fused-ring (bicyclic) bond motifs is 1. The summed E-state index contributed by atoms with van der Waals surface area (Å²) in [6.07, 6.45) is 4.72. The zero-order valence-electron chi connectivity index (χ0n) is 18.8. The summed E-state index contributed by atoms with van der Waals surface area (Å²) in [6, 6.07) is 8.40. The third-order valence-electron chi connectivity index (χ3n) is 7.21. The highest BCUT2D eigenvalue weighted by atomic mass is 16.2. The van der Waals surface area contributed by atoms with Crippen LogP contribution in [0.15, 0.2) is 37.0 Å². The summed E-state index contributed by atoms with van der Waals surface area (Å²) in [7, 11) is 0. The summed E-state index contributed by atoms with van der Waals surface area (Å²) < 4.78 is 0. The molecule has 0 aliphatic heterocycles. The molecule has 0 amide bonds. The van der Waals surface area contributed by atoms with Gasteiger partial charge < -0.3 is 0 Å². The molecule has 0 N–H and O–H groups in total. The Kier molecular flexibility index (Phi) is 4.84. The first-order valence-corrected chi connectivity index (χ1v) is 10.9. The van der Waals surface area contributed by atoms with Gasteiger partial charge in [0.15, 0.2) is 0 Å². The lowest BCUT2D eigenvalue weighted by Gasteiger charge is -2.42. The number of hydrogen-bond donors (Lipinski definition) is 0. The Hall–Kier alpha value is -2.55. The average Bonchev–Trinajstić information content (AvgIpc) is 3.03. The van der Waals surface area contributed by atoms with Gasteiger partial charge in [0.25, 0.3) is 0 Å². The Labute approximate surface area is 179 Å². The van der Waals surface area contributed by atoms with Gasteiger partial charge in [0.05, 0.1) is 5.69 Å². The number of carbonyl (C=O) groups excluding carboxylic acids is 2. The molecule has 3 heteroatoms. The van der Waals surface area contributed by atoms with Crippen molar-refractivity contribution in [3.05, 3.63) is 70.6 Å². The van der Waals surface area contributed by atoms with Gasteiger partial charge >= 0.3 is 0 Å². The van der Waals surface area contributed by atoms with Crippen molar-refractivity contribution in [1.29, 1.82) is 0 Å². The molecule has 1 aromatic carbocycles. The quantitative estimate of drug-likeness (QED) is 0.609. The standard InChI is InChI=1S/C27H31NO2/c1-16-13-20-21(27(5,6)12-11-26(20,3)4)14-19(16)17(2)22-8-7-18(15-28-22)25-23(29)9-10-24(25)30/h7-8,13-15,25H,2,9-12H2,1,3-6H3. The van der Waals surface area contributed by atoms with Crippen LogP contribution >= 0.6 is 0 Å². The average molecular weight is 402 g/mol. The first-order valence-electron chi connectivity index (χ1n) is 10.9. The summed E-state index contributed by atoms with van der Waals surface area (Å²) in [5, 5.41) is 0. The molecule has 0 saturated heterocycles. The van der Waals surface area contributed by atoms with Gasteiger partial charge in [-0.05, 0) is 70.5 Å². The van der Waals surface area contributed by atoms with E-state index in [1.807, 2.05) is 12.1 Å². The van der Waals surface area contributed by atoms with Gasteiger partial charge in [-0.1, -0.05) is 46.4 Å². The molecule has 0 radical (unpaired) electrons. The van der Waals surface area contributed by atoms with Crippen molar-refractivity contribution in [2.24, 2.45) is 0 Å². The van der Waals surface area contributed by atoms with Gasteiger partial charge in [-0.15, -0.1) is 0 Å². The molecular weight excluding hydrogens is 370 g/mol. The Bertz CT molecular complexity index is 1040. The molecule has 1 aromatic heterocycles. The largest absolute Gasteiger partial charge is 0.299 e. The highest BCUT2D eigenvalue weighted by Gasteiger charge is 2.38. The second-order valence-electron chi connectivity index (χ2n) is 10.3. The van der Waals surface area contributed by atoms with Crippen molar-refractivity contribution in [3.63, 3.8) is 0 Å². The minimum atomic E-state index is -0.631. The zero-order chi connectivity index (χ0) is 21.8. The summed E-state index contributed by atoms with van der Waals surface area (Å²) in [6.45, 7) is 15.8. The van der Waals surface area contributed by atoms with Crippen LogP contribution in [0.1, 0.15) is 92.8 Å². The molecule has 30 heavy (non-hydrogen) atoms. The third-order valence-corrected chi connectivity index (χ3v) is 7.21. The Morgan fingerprint density at radius 3 is 2.07 bits per heavy atom. The second kappa shape index (κ2) is 7.01. The minimum Gasteiger partial charge on any atom is -0.299 e. The molecule has 0 atom stereocenters. The van der Waals surface area contributed by atoms with E-state index in [4.69, 9.17) is 0 Å². The van der Waals surface area contributed by atoms with Gasteiger partial charge in [0.1, 0.15) is 17.5 Å². The number of pyridine rings is 1. The molecule has 1 saturated carbocycles. The second-order valence-corrected chi connectivity index (χ2v) is 10.3. The number of ketones is 2. The van der Waals surface area contributed by atoms with Crippen LogP contribution in [-0.2, 0) is 20.4 Å². The van der Waals surface area contributed by atoms with E-state index in [1.165, 1.54) is 29.5 Å². The van der Waals surface area contributed by atoms with E-state index in [9.17, 15) is 9.59 Å². The van der Waals surface area contributed by atoms with Crippen molar-refractivity contribution in [2.75, 3.05) is 0 Å². The first kappa shape index (κ1) is 20.7. The van der Waals surface area contributed by atoms with Crippen LogP contribution in [0.5, 0.6) is 0 Å². The fourth-order valence-corrected chi connectivity index (χ4v) is 5.03. The summed E-state index contributed by atoms with van der Waals surface area (Å²) in [4.78, 5) is 28.7. The highest BCUT2D eigenvalue weighted by molar-refractivity contribution is 6.13. The predicted molar refractivity (Wildman–Crippen MR) is 121 cm³/mol. The lowest BCUT2D eigenvalue weighted by Crippen LogP contribution is -2.34. The van der Waals surface area contributed by atoms with Crippen molar-refractivity contribution in [3.8, 4) is 0 Å². The smallest absolute Gasteiger partial charge is 0.148 e. The maximum atomic E-state index is 12.1. The topological polar surface area (TPSA) is 47.0 Å². The fourth-order valence-electron chi connectivity index (χ4n) is 5.03. The van der Waals surface area contributed by atoms with Crippen LogP contribution in [-0.4, -0.2) is 16.6 Å². The molecule has 2 aliphatic carbocycles. The monoisotopic (exact) mass is 401 g/mol. The van der Waals surface area contributed by atoms with E-state index in [2.05, 4.69) is 58.3 Å². The van der Waals surface area contributed by atoms with Gasteiger partial charge in [0, 0.05) is 24.6 Å². The van der Waals surface area contributed by atoms with Crippen LogP contribution in [0.2, 0.25) is 0 Å². The number of carbonyl (C=O) groups is 2. The maximum Gasteiger partial charge on any atom is 0.148 e. The molecule has 1 fully saturated rings. The SMILES string of the molecule is C=C(c1ccc(C2C(=O)CCC2=O)cn1)c1cc2c(cc1C)C(C)(C)CCC2(C)C. The number of rotatable bonds is 3. The van der Waals surface area contributed by atoms with E-state index in [0.29, 0.717) is 18.4 Å². The molecule has 2 aliphatic rings. The number of hydrogen-bond acceptors (Lipinski definition) is 3. The van der Waals surface area contributed by atoms with Crippen molar-refractivity contribution < 1.29 is 9.59 Å². The molecule has 0 spiro atoms. The molecule has 4 rings (SSSR count). The summed E-state index contributed by atoms with van der Waals surface area (Å²) in [5.41, 5.74) is 7.84. The molecule has 2 aromatic rings. The molecule has 3 nitrogen and oxygen atoms in total. The van der Waals surface area contributed by atoms with E-state index in [-0.39, 0.29) is 22.4 Å². The number of aromatic nitrogens is 1. The summed E-state index contributed by atoms with van der Waals surface area (Å²) in [5.74, 6) is -0.624. The summed E-state index contributed by atoms with van der Waals surface area (Å²) >= 11 is 0. The van der Waals surface area contributed by atoms with Crippen LogP contribution in [0, 0.1) is 6.92 Å². The predicted octanol–water partition coefficient (Wildman–Crippen LogP) is 5.82. The first-order chi connectivity index (χ1) is 14.0. The lowest BCUT2D eigenvalue weighted by atomic mass is 9.62. The van der Waals surface area contributed by atoms with E-state index >= 15 is 0 Å². The van der Waals surface area contributed by atoms with E-state index in [0.717, 1.165) is 16.8 Å². The fraction of sp³-hybridized carbons (Fsp3) is 0.444. The van der Waals surface area contributed by atoms with Crippen molar-refractivity contribution >= 4 is 17.1 Å². The van der Waals surface area contributed by atoms with Gasteiger partial charge in [-0.3, -0.25) is 14.6 Å². The third kappa shape index (κ3) is 3.34. The Balaban J connectivity index is 1.70. The Morgan fingerprint density at radius 1 is 0.967 bits per heavy atom. The minimum absolute atomic E-state index is 0.00348. The number of Topliss-reactive ketones (excluding diaryl/α,β-unsaturated/α-hetero) is 2. The number of nitrogens with zero attached hydrogens (tertiary/aromatic N) is 1. The molecular formula is C27H31NO2. The van der Waals surface area contributed by atoms with E-state index < -0.39 is 5.92 Å². The molecule has 156 valence electrons. The van der Waals surface area contributed by atoms with Crippen LogP contribution < -0.4 is 0 Å². The number of benzene rings is 1. The van der Waals surface area contributed by atoms with Crippen LogP contribution in [0.25, 0.3) is 5.57 Å². The highest BCUT2D eigenvalue weighted by Crippen LogP contribution is 2.47. The van der Waals surface area contributed by atoms with Crippen LogP contribution in [0.3, 0.4) is 0 Å². The molecule has 1 heterocycles. The number of aryl methyl sites for hydroxylation is 1. The van der Waals surface area contributed by atoms with Crippen molar-refractivity contribution in [1.82, 2.24) is 4.98 Å². The lowest BCUT2D eigenvalue weighted by molar-refractivity contribution is -0.123. The van der Waals surface area contributed by atoms with Crippen molar-refractivity contribution in [2.45, 2.75) is 77.0 Å². The normalized spacial score (nSPS) is 20.3. The Morgan fingerprint density at radius 2 is 1.53 bits per heavy atom. The van der Waals surface area contributed by atoms with Crippen LogP contribution in [0.4, 0.5) is 0 Å². The molecule has 0 unspecified atom stereocenters.